The van der Waals surface area contributed by atoms with Crippen molar-refractivity contribution in [2.24, 2.45) is 0 Å². The highest BCUT2D eigenvalue weighted by Gasteiger charge is 2.30. The van der Waals surface area contributed by atoms with Crippen LogP contribution in [0.2, 0.25) is 0 Å². The first-order valence-electron chi connectivity index (χ1n) is 7.90. The van der Waals surface area contributed by atoms with Crippen LogP contribution in [0.4, 0.5) is 0 Å². The Morgan fingerprint density at radius 1 is 1.30 bits per heavy atom. The average molecular weight is 311 g/mol. The van der Waals surface area contributed by atoms with E-state index in [-0.39, 0.29) is 11.9 Å². The standard InChI is InChI=1S/C18H21N3O2/c1-13-11-20-16(12-19-13)18(22)21-9-5-7-15(21)10-14-6-3-4-8-17(14)23-2/h3-4,6,8,11-12,15H,5,7,9-10H2,1-2H3. The molecule has 1 atom stereocenters. The molecule has 1 aromatic carbocycles. The lowest BCUT2D eigenvalue weighted by molar-refractivity contribution is 0.0729. The molecule has 5 nitrogen and oxygen atoms in total. The van der Waals surface area contributed by atoms with Gasteiger partial charge in [0.1, 0.15) is 11.4 Å². The lowest BCUT2D eigenvalue weighted by atomic mass is 10.0. The van der Waals surface area contributed by atoms with Gasteiger partial charge in [-0.1, -0.05) is 18.2 Å². The Labute approximate surface area is 136 Å². The van der Waals surface area contributed by atoms with Gasteiger partial charge in [0.2, 0.25) is 0 Å². The molecule has 0 spiro atoms. The number of nitrogens with zero attached hydrogens (tertiary/aromatic N) is 3. The molecule has 1 fully saturated rings. The zero-order valence-electron chi connectivity index (χ0n) is 13.5. The summed E-state index contributed by atoms with van der Waals surface area (Å²) in [6, 6.07) is 8.17. The molecule has 1 unspecified atom stereocenters. The minimum Gasteiger partial charge on any atom is -0.496 e. The smallest absolute Gasteiger partial charge is 0.274 e. The number of carbonyl (C=O) groups is 1. The van der Waals surface area contributed by atoms with Crippen molar-refractivity contribution in [3.63, 3.8) is 0 Å². The first-order valence-corrected chi connectivity index (χ1v) is 7.90. The molecule has 1 aliphatic heterocycles. The number of benzene rings is 1. The third-order valence-electron chi connectivity index (χ3n) is 4.29. The molecule has 1 aliphatic rings. The number of hydrogen-bond donors (Lipinski definition) is 0. The summed E-state index contributed by atoms with van der Waals surface area (Å²) >= 11 is 0. The fourth-order valence-electron chi connectivity index (χ4n) is 3.09. The van der Waals surface area contributed by atoms with Crippen molar-refractivity contribution in [3.05, 3.63) is 53.6 Å². The first-order chi connectivity index (χ1) is 11.2. The third-order valence-corrected chi connectivity index (χ3v) is 4.29. The lowest BCUT2D eigenvalue weighted by Crippen LogP contribution is -2.37. The zero-order valence-corrected chi connectivity index (χ0v) is 13.5. The maximum atomic E-state index is 12.7. The number of carbonyl (C=O) groups excluding carboxylic acids is 1. The van der Waals surface area contributed by atoms with Gasteiger partial charge in [-0.3, -0.25) is 9.78 Å². The number of para-hydroxylation sites is 1. The van der Waals surface area contributed by atoms with Crippen molar-refractivity contribution >= 4 is 5.91 Å². The van der Waals surface area contributed by atoms with Gasteiger partial charge in [0.15, 0.2) is 0 Å². The second-order valence-electron chi connectivity index (χ2n) is 5.85. The summed E-state index contributed by atoms with van der Waals surface area (Å²) in [6.45, 7) is 2.63. The molecule has 1 aromatic heterocycles. The van der Waals surface area contributed by atoms with E-state index in [1.54, 1.807) is 19.5 Å². The zero-order chi connectivity index (χ0) is 16.2. The second-order valence-corrected chi connectivity index (χ2v) is 5.85. The van der Waals surface area contributed by atoms with Crippen LogP contribution in [0, 0.1) is 6.92 Å². The topological polar surface area (TPSA) is 55.3 Å². The van der Waals surface area contributed by atoms with Crippen molar-refractivity contribution in [1.82, 2.24) is 14.9 Å². The molecule has 3 rings (SSSR count). The number of methoxy groups -OCH3 is 1. The van der Waals surface area contributed by atoms with Crippen LogP contribution in [0.5, 0.6) is 5.75 Å². The summed E-state index contributed by atoms with van der Waals surface area (Å²) < 4.78 is 5.42. The van der Waals surface area contributed by atoms with E-state index in [0.717, 1.165) is 42.8 Å². The molecule has 1 amide bonds. The Kier molecular flexibility index (Phi) is 4.55. The van der Waals surface area contributed by atoms with Gasteiger partial charge in [-0.25, -0.2) is 4.98 Å². The molecule has 120 valence electrons. The van der Waals surface area contributed by atoms with Crippen molar-refractivity contribution in [2.45, 2.75) is 32.2 Å². The number of hydrogen-bond acceptors (Lipinski definition) is 4. The number of amides is 1. The molecule has 2 heterocycles. The largest absolute Gasteiger partial charge is 0.496 e. The predicted molar refractivity (Wildman–Crippen MR) is 87.5 cm³/mol. The quantitative estimate of drug-likeness (QED) is 0.871. The maximum Gasteiger partial charge on any atom is 0.274 e. The van der Waals surface area contributed by atoms with Crippen LogP contribution in [-0.2, 0) is 6.42 Å². The van der Waals surface area contributed by atoms with E-state index in [1.165, 1.54) is 0 Å². The number of ether oxygens (including phenoxy) is 1. The average Bonchev–Trinajstić information content (AvgIpc) is 3.03. The molecule has 1 saturated heterocycles. The van der Waals surface area contributed by atoms with Gasteiger partial charge in [-0.05, 0) is 37.8 Å². The van der Waals surface area contributed by atoms with E-state index in [1.807, 2.05) is 30.0 Å². The van der Waals surface area contributed by atoms with E-state index in [2.05, 4.69) is 16.0 Å². The van der Waals surface area contributed by atoms with Crippen molar-refractivity contribution in [2.75, 3.05) is 13.7 Å². The van der Waals surface area contributed by atoms with Gasteiger partial charge in [-0.15, -0.1) is 0 Å². The van der Waals surface area contributed by atoms with Crippen LogP contribution in [0.3, 0.4) is 0 Å². The van der Waals surface area contributed by atoms with E-state index in [0.29, 0.717) is 5.69 Å². The predicted octanol–water partition coefficient (Wildman–Crippen LogP) is 2.64. The molecule has 0 bridgehead atoms. The second kappa shape index (κ2) is 6.77. The van der Waals surface area contributed by atoms with Gasteiger partial charge in [0.25, 0.3) is 5.91 Å². The van der Waals surface area contributed by atoms with Crippen molar-refractivity contribution in [1.29, 1.82) is 0 Å². The number of aromatic nitrogens is 2. The molecule has 0 aliphatic carbocycles. The van der Waals surface area contributed by atoms with Crippen LogP contribution >= 0.6 is 0 Å². The Hall–Kier alpha value is -2.43. The fourth-order valence-corrected chi connectivity index (χ4v) is 3.09. The van der Waals surface area contributed by atoms with Crippen molar-refractivity contribution in [3.8, 4) is 5.75 Å². The Morgan fingerprint density at radius 2 is 2.13 bits per heavy atom. The summed E-state index contributed by atoms with van der Waals surface area (Å²) in [7, 11) is 1.68. The minimum atomic E-state index is -0.0325. The van der Waals surface area contributed by atoms with Crippen molar-refractivity contribution < 1.29 is 9.53 Å². The summed E-state index contributed by atoms with van der Waals surface area (Å²) in [4.78, 5) is 23.0. The Bertz CT molecular complexity index is 685. The van der Waals surface area contributed by atoms with Gasteiger partial charge >= 0.3 is 0 Å². The SMILES string of the molecule is COc1ccccc1CC1CCCN1C(=O)c1cnc(C)cn1. The maximum absolute atomic E-state index is 12.7. The van der Waals surface area contributed by atoms with Crippen LogP contribution in [0.1, 0.15) is 34.6 Å². The Morgan fingerprint density at radius 3 is 2.87 bits per heavy atom. The van der Waals surface area contributed by atoms with Crippen LogP contribution in [0.25, 0.3) is 0 Å². The molecule has 0 radical (unpaired) electrons. The summed E-state index contributed by atoms with van der Waals surface area (Å²) in [5, 5.41) is 0. The highest BCUT2D eigenvalue weighted by molar-refractivity contribution is 5.92. The summed E-state index contributed by atoms with van der Waals surface area (Å²) in [5.41, 5.74) is 2.37. The molecule has 23 heavy (non-hydrogen) atoms. The molecule has 0 N–H and O–H groups in total. The number of likely N-dealkylation sites (tertiary alicyclic amines) is 1. The molecule has 0 saturated carbocycles. The normalized spacial score (nSPS) is 17.3. The first kappa shape index (κ1) is 15.5. The number of rotatable bonds is 4. The number of aryl methyl sites for hydroxylation is 1. The monoisotopic (exact) mass is 311 g/mol. The highest BCUT2D eigenvalue weighted by Crippen LogP contribution is 2.26. The van der Waals surface area contributed by atoms with Gasteiger partial charge in [-0.2, -0.15) is 0 Å². The van der Waals surface area contributed by atoms with Crippen LogP contribution < -0.4 is 4.74 Å². The molecular weight excluding hydrogens is 290 g/mol. The van der Waals surface area contributed by atoms with Gasteiger partial charge in [0.05, 0.1) is 19.0 Å². The van der Waals surface area contributed by atoms with Crippen LogP contribution in [0.15, 0.2) is 36.7 Å². The summed E-state index contributed by atoms with van der Waals surface area (Å²) in [5.74, 6) is 0.844. The minimum absolute atomic E-state index is 0.0325. The van der Waals surface area contributed by atoms with Crippen LogP contribution in [-0.4, -0.2) is 40.5 Å². The third kappa shape index (κ3) is 3.33. The molecule has 2 aromatic rings. The Balaban J connectivity index is 1.77. The van der Waals surface area contributed by atoms with E-state index in [4.69, 9.17) is 4.74 Å². The van der Waals surface area contributed by atoms with E-state index >= 15 is 0 Å². The molecule has 5 heteroatoms. The van der Waals surface area contributed by atoms with Gasteiger partial charge in [0, 0.05) is 18.8 Å². The van der Waals surface area contributed by atoms with E-state index in [9.17, 15) is 4.79 Å². The van der Waals surface area contributed by atoms with E-state index < -0.39 is 0 Å². The lowest BCUT2D eigenvalue weighted by Gasteiger charge is -2.25. The summed E-state index contributed by atoms with van der Waals surface area (Å²) in [6.07, 6.45) is 6.03. The van der Waals surface area contributed by atoms with Gasteiger partial charge < -0.3 is 9.64 Å². The fraction of sp³-hybridized carbons (Fsp3) is 0.389. The molecular formula is C18H21N3O2. The highest BCUT2D eigenvalue weighted by atomic mass is 16.5.